The van der Waals surface area contributed by atoms with Crippen molar-refractivity contribution < 1.29 is 9.53 Å². The fraction of sp³-hybridized carbons (Fsp3) is 0. The maximum Gasteiger partial charge on any atom is 0.271 e. The zero-order chi connectivity index (χ0) is 21.1. The molecule has 3 aromatic carbocycles. The number of fused-ring (bicyclic) bond motifs is 1. The molecule has 0 aliphatic heterocycles. The number of amides is 1. The van der Waals surface area contributed by atoms with Crippen LogP contribution in [0.15, 0.2) is 67.0 Å². The third-order valence-corrected chi connectivity index (χ3v) is 4.82. The number of anilines is 2. The number of hydrazine groups is 1. The van der Waals surface area contributed by atoms with Crippen LogP contribution < -0.4 is 21.3 Å². The summed E-state index contributed by atoms with van der Waals surface area (Å²) < 4.78 is 5.92. The molecule has 150 valence electrons. The van der Waals surface area contributed by atoms with Gasteiger partial charge in [-0.15, -0.1) is 0 Å². The Morgan fingerprint density at radius 2 is 1.80 bits per heavy atom. The number of hydrogen-bond donors (Lipinski definition) is 3. The highest BCUT2D eigenvalue weighted by Gasteiger charge is 2.14. The summed E-state index contributed by atoms with van der Waals surface area (Å²) in [6.07, 6.45) is 1.28. The van der Waals surface area contributed by atoms with Gasteiger partial charge in [0, 0.05) is 10.4 Å². The molecule has 4 N–H and O–H groups in total. The van der Waals surface area contributed by atoms with Crippen LogP contribution in [0.4, 0.5) is 11.5 Å². The summed E-state index contributed by atoms with van der Waals surface area (Å²) in [5, 5.41) is 2.59. The van der Waals surface area contributed by atoms with Gasteiger partial charge in [0.05, 0.1) is 10.6 Å². The minimum atomic E-state index is -0.480. The summed E-state index contributed by atoms with van der Waals surface area (Å²) >= 11 is 11.9. The fourth-order valence-corrected chi connectivity index (χ4v) is 3.30. The average Bonchev–Trinajstić information content (AvgIpc) is 2.74. The molecular formula is C21H15Cl2N5O2. The predicted molar refractivity (Wildman–Crippen MR) is 118 cm³/mol. The van der Waals surface area contributed by atoms with Crippen molar-refractivity contribution in [2.75, 3.05) is 11.2 Å². The topological polar surface area (TPSA) is 102 Å². The average molecular weight is 440 g/mol. The van der Waals surface area contributed by atoms with E-state index < -0.39 is 5.91 Å². The molecule has 4 aromatic rings. The van der Waals surface area contributed by atoms with Crippen LogP contribution in [0.1, 0.15) is 10.4 Å². The highest BCUT2D eigenvalue weighted by atomic mass is 35.5. The van der Waals surface area contributed by atoms with Crippen LogP contribution in [0.3, 0.4) is 0 Å². The zero-order valence-corrected chi connectivity index (χ0v) is 16.9. The van der Waals surface area contributed by atoms with Crippen LogP contribution in [0.2, 0.25) is 10.0 Å². The molecule has 0 bridgehead atoms. The summed E-state index contributed by atoms with van der Waals surface area (Å²) in [5.74, 6) is 0.453. The van der Waals surface area contributed by atoms with Crippen LogP contribution >= 0.6 is 23.2 Å². The highest BCUT2D eigenvalue weighted by molar-refractivity contribution is 6.36. The molecule has 0 fully saturated rings. The molecule has 1 heterocycles. The molecule has 0 aliphatic rings. The Morgan fingerprint density at radius 3 is 2.63 bits per heavy atom. The van der Waals surface area contributed by atoms with Gasteiger partial charge in [-0.1, -0.05) is 59.6 Å². The molecule has 7 nitrogen and oxygen atoms in total. The van der Waals surface area contributed by atoms with Crippen molar-refractivity contribution >= 4 is 51.4 Å². The monoisotopic (exact) mass is 439 g/mol. The third-order valence-electron chi connectivity index (χ3n) is 4.27. The van der Waals surface area contributed by atoms with Gasteiger partial charge in [0.15, 0.2) is 5.82 Å². The van der Waals surface area contributed by atoms with E-state index in [0.717, 1.165) is 10.8 Å². The second-order valence-electron chi connectivity index (χ2n) is 6.22. The number of ether oxygens (including phenoxy) is 1. The van der Waals surface area contributed by atoms with Crippen LogP contribution in [0.25, 0.3) is 10.8 Å². The van der Waals surface area contributed by atoms with Gasteiger partial charge >= 0.3 is 0 Å². The summed E-state index contributed by atoms with van der Waals surface area (Å²) in [5.41, 5.74) is 11.7. The van der Waals surface area contributed by atoms with Gasteiger partial charge in [-0.05, 0) is 29.7 Å². The van der Waals surface area contributed by atoms with Gasteiger partial charge < -0.3 is 10.5 Å². The molecule has 0 saturated carbocycles. The molecule has 1 amide bonds. The number of rotatable bonds is 5. The molecule has 30 heavy (non-hydrogen) atoms. The van der Waals surface area contributed by atoms with E-state index in [1.807, 2.05) is 42.5 Å². The van der Waals surface area contributed by atoms with Crippen molar-refractivity contribution in [2.45, 2.75) is 0 Å². The maximum absolute atomic E-state index is 12.4. The number of nitrogens with two attached hydrogens (primary N) is 1. The Hall–Kier alpha value is -3.55. The Bertz CT molecular complexity index is 1240. The second-order valence-corrected chi connectivity index (χ2v) is 7.07. The van der Waals surface area contributed by atoms with Crippen molar-refractivity contribution in [1.82, 2.24) is 15.4 Å². The molecule has 0 radical (unpaired) electrons. The lowest BCUT2D eigenvalue weighted by atomic mass is 10.1. The van der Waals surface area contributed by atoms with Gasteiger partial charge in [0.1, 0.15) is 17.8 Å². The van der Waals surface area contributed by atoms with E-state index in [0.29, 0.717) is 10.8 Å². The first-order valence-electron chi connectivity index (χ1n) is 8.80. The van der Waals surface area contributed by atoms with E-state index >= 15 is 0 Å². The number of nitrogens with one attached hydrogen (secondary N) is 2. The number of halogens is 2. The quantitative estimate of drug-likeness (QED) is 0.375. The zero-order valence-electron chi connectivity index (χ0n) is 15.4. The van der Waals surface area contributed by atoms with Gasteiger partial charge in [-0.3, -0.25) is 15.6 Å². The summed E-state index contributed by atoms with van der Waals surface area (Å²) in [6, 6.07) is 18.0. The van der Waals surface area contributed by atoms with Gasteiger partial charge in [-0.25, -0.2) is 4.98 Å². The van der Waals surface area contributed by atoms with E-state index in [4.69, 9.17) is 33.7 Å². The Morgan fingerprint density at radius 1 is 1.00 bits per heavy atom. The fourth-order valence-electron chi connectivity index (χ4n) is 2.81. The van der Waals surface area contributed by atoms with E-state index in [-0.39, 0.29) is 28.0 Å². The van der Waals surface area contributed by atoms with E-state index in [2.05, 4.69) is 20.8 Å². The molecule has 0 aliphatic carbocycles. The molecule has 0 atom stereocenters. The van der Waals surface area contributed by atoms with Gasteiger partial charge in [0.2, 0.25) is 5.88 Å². The van der Waals surface area contributed by atoms with Crippen LogP contribution in [-0.4, -0.2) is 15.9 Å². The smallest absolute Gasteiger partial charge is 0.271 e. The summed E-state index contributed by atoms with van der Waals surface area (Å²) in [7, 11) is 0. The standard InChI is InChI=1S/C21H15Cl2N5O2/c22-13-8-9-15(16(23)10-13)20(29)28-27-19-18(24)21(26-11-25-19)30-17-7-3-5-12-4-1-2-6-14(12)17/h1-11H,24H2,(H,28,29)(H,25,26,27). The van der Waals surface area contributed by atoms with Crippen molar-refractivity contribution in [3.05, 3.63) is 82.6 Å². The van der Waals surface area contributed by atoms with Crippen molar-refractivity contribution in [2.24, 2.45) is 0 Å². The highest BCUT2D eigenvalue weighted by Crippen LogP contribution is 2.33. The number of aromatic nitrogens is 2. The lowest BCUT2D eigenvalue weighted by molar-refractivity contribution is 0.0962. The van der Waals surface area contributed by atoms with Crippen LogP contribution in [-0.2, 0) is 0 Å². The Labute approximate surface area is 181 Å². The summed E-state index contributed by atoms with van der Waals surface area (Å²) in [4.78, 5) is 20.5. The lowest BCUT2D eigenvalue weighted by Gasteiger charge is -2.13. The predicted octanol–water partition coefficient (Wildman–Crippen LogP) is 5.07. The first-order valence-corrected chi connectivity index (χ1v) is 9.56. The van der Waals surface area contributed by atoms with E-state index in [1.165, 1.54) is 18.5 Å². The van der Waals surface area contributed by atoms with Gasteiger partial charge in [-0.2, -0.15) is 4.98 Å². The van der Waals surface area contributed by atoms with Crippen LogP contribution in [0, 0.1) is 0 Å². The number of carbonyl (C=O) groups excluding carboxylic acids is 1. The number of nitrogens with zero attached hydrogens (tertiary/aromatic N) is 2. The maximum atomic E-state index is 12.4. The van der Waals surface area contributed by atoms with Crippen molar-refractivity contribution in [1.29, 1.82) is 0 Å². The van der Waals surface area contributed by atoms with Crippen molar-refractivity contribution in [3.8, 4) is 11.6 Å². The Balaban J connectivity index is 1.54. The molecule has 4 rings (SSSR count). The normalized spacial score (nSPS) is 10.6. The lowest BCUT2D eigenvalue weighted by Crippen LogP contribution is -2.30. The first-order chi connectivity index (χ1) is 14.5. The number of nitrogen functional groups attached to an aromatic ring is 1. The van der Waals surface area contributed by atoms with E-state index in [9.17, 15) is 4.79 Å². The molecule has 1 aromatic heterocycles. The first kappa shape index (κ1) is 19.8. The molecule has 0 unspecified atom stereocenters. The molecule has 0 saturated heterocycles. The van der Waals surface area contributed by atoms with Crippen LogP contribution in [0.5, 0.6) is 11.6 Å². The summed E-state index contributed by atoms with van der Waals surface area (Å²) in [6.45, 7) is 0. The Kier molecular flexibility index (Phi) is 5.56. The SMILES string of the molecule is Nc1c(NNC(=O)c2ccc(Cl)cc2Cl)ncnc1Oc1cccc2ccccc12. The number of carbonyl (C=O) groups is 1. The minimum Gasteiger partial charge on any atom is -0.436 e. The molecule has 9 heteroatoms. The number of hydrogen-bond acceptors (Lipinski definition) is 6. The molecule has 0 spiro atoms. The third kappa shape index (κ3) is 4.07. The van der Waals surface area contributed by atoms with Gasteiger partial charge in [0.25, 0.3) is 5.91 Å². The molecular weight excluding hydrogens is 425 g/mol. The minimum absolute atomic E-state index is 0.132. The van der Waals surface area contributed by atoms with E-state index in [1.54, 1.807) is 6.07 Å². The largest absolute Gasteiger partial charge is 0.436 e. The van der Waals surface area contributed by atoms with Crippen molar-refractivity contribution in [3.63, 3.8) is 0 Å². The second kappa shape index (κ2) is 8.44. The number of benzene rings is 3.